The summed E-state index contributed by atoms with van der Waals surface area (Å²) in [6.07, 6.45) is 5.53. The van der Waals surface area contributed by atoms with E-state index >= 15 is 0 Å². The second kappa shape index (κ2) is 9.08. The summed E-state index contributed by atoms with van der Waals surface area (Å²) in [5.41, 5.74) is 0. The Hall–Kier alpha value is -1.01. The van der Waals surface area contributed by atoms with Crippen molar-refractivity contribution in [1.29, 1.82) is 0 Å². The van der Waals surface area contributed by atoms with Gasteiger partial charge in [0.2, 0.25) is 11.8 Å². The summed E-state index contributed by atoms with van der Waals surface area (Å²) in [6.45, 7) is 2.44. The van der Waals surface area contributed by atoms with Crippen molar-refractivity contribution in [1.82, 2.24) is 9.80 Å². The molecule has 2 aliphatic heterocycles. The van der Waals surface area contributed by atoms with E-state index in [4.69, 9.17) is 0 Å². The Bertz CT molecular complexity index is 619. The number of likely N-dealkylation sites (tertiary alicyclic amines) is 2. The first kappa shape index (κ1) is 18.8. The topological polar surface area (TPSA) is 40.6 Å². The maximum Gasteiger partial charge on any atom is 0.245 e. The molecule has 0 bridgehead atoms. The van der Waals surface area contributed by atoms with Crippen molar-refractivity contribution >= 4 is 39.5 Å². The summed E-state index contributed by atoms with van der Waals surface area (Å²) in [6, 6.07) is 7.83. The molecule has 1 aromatic carbocycles. The van der Waals surface area contributed by atoms with E-state index in [1.807, 2.05) is 28.0 Å². The zero-order valence-corrected chi connectivity index (χ0v) is 16.9. The second-order valence-electron chi connectivity index (χ2n) is 6.66. The number of hydrogen-bond acceptors (Lipinski definition) is 3. The van der Waals surface area contributed by atoms with E-state index in [1.54, 1.807) is 11.8 Å². The lowest BCUT2D eigenvalue weighted by atomic mass is 10.0. The molecule has 136 valence electrons. The fourth-order valence-electron chi connectivity index (χ4n) is 3.59. The molecular formula is C19H25BrN2O2S. The molecule has 25 heavy (non-hydrogen) atoms. The Morgan fingerprint density at radius 3 is 2.56 bits per heavy atom. The van der Waals surface area contributed by atoms with Gasteiger partial charge in [-0.3, -0.25) is 9.59 Å². The highest BCUT2D eigenvalue weighted by atomic mass is 79.9. The average molecular weight is 425 g/mol. The third-order valence-electron chi connectivity index (χ3n) is 4.94. The summed E-state index contributed by atoms with van der Waals surface area (Å²) >= 11 is 5.22. The van der Waals surface area contributed by atoms with Gasteiger partial charge < -0.3 is 9.80 Å². The van der Waals surface area contributed by atoms with E-state index in [1.165, 1.54) is 0 Å². The van der Waals surface area contributed by atoms with Crippen molar-refractivity contribution in [2.75, 3.05) is 25.4 Å². The van der Waals surface area contributed by atoms with Gasteiger partial charge in [0.15, 0.2) is 0 Å². The minimum atomic E-state index is -0.229. The molecule has 2 aliphatic rings. The van der Waals surface area contributed by atoms with Crippen LogP contribution in [0.5, 0.6) is 0 Å². The van der Waals surface area contributed by atoms with Crippen LogP contribution < -0.4 is 0 Å². The standard InChI is InChI=1S/C19H25BrN2O2S/c20-15-7-1-2-9-17(15)25-14-10-18(23)22-13-4-3-8-16(22)19(24)21-11-5-6-12-21/h1-2,7,9,16H,3-6,8,10-14H2. The molecular weight excluding hydrogens is 400 g/mol. The van der Waals surface area contributed by atoms with Crippen LogP contribution >= 0.6 is 27.7 Å². The molecule has 0 saturated carbocycles. The lowest BCUT2D eigenvalue weighted by Gasteiger charge is -2.36. The van der Waals surface area contributed by atoms with E-state index < -0.39 is 0 Å². The number of rotatable bonds is 5. The number of nitrogens with zero attached hydrogens (tertiary/aromatic N) is 2. The van der Waals surface area contributed by atoms with Crippen molar-refractivity contribution in [3.63, 3.8) is 0 Å². The van der Waals surface area contributed by atoms with Crippen LogP contribution in [0.2, 0.25) is 0 Å². The molecule has 2 amide bonds. The summed E-state index contributed by atoms with van der Waals surface area (Å²) in [5, 5.41) is 0. The highest BCUT2D eigenvalue weighted by Gasteiger charge is 2.35. The monoisotopic (exact) mass is 424 g/mol. The van der Waals surface area contributed by atoms with Gasteiger partial charge in [-0.1, -0.05) is 12.1 Å². The highest BCUT2D eigenvalue weighted by molar-refractivity contribution is 9.10. The van der Waals surface area contributed by atoms with Crippen molar-refractivity contribution in [2.45, 2.75) is 49.5 Å². The van der Waals surface area contributed by atoms with Gasteiger partial charge in [0.05, 0.1) is 0 Å². The van der Waals surface area contributed by atoms with E-state index in [-0.39, 0.29) is 17.9 Å². The molecule has 0 aromatic heterocycles. The van der Waals surface area contributed by atoms with Crippen molar-refractivity contribution in [3.8, 4) is 0 Å². The first-order chi connectivity index (χ1) is 12.2. The number of halogens is 1. The van der Waals surface area contributed by atoms with Crippen LogP contribution in [0.4, 0.5) is 0 Å². The van der Waals surface area contributed by atoms with E-state index in [0.29, 0.717) is 6.42 Å². The first-order valence-electron chi connectivity index (χ1n) is 9.12. The Morgan fingerprint density at radius 1 is 1.08 bits per heavy atom. The zero-order valence-electron chi connectivity index (χ0n) is 14.5. The average Bonchev–Trinajstić information content (AvgIpc) is 3.17. The molecule has 2 saturated heterocycles. The normalized spacial score (nSPS) is 20.8. The molecule has 2 fully saturated rings. The fourth-order valence-corrected chi connectivity index (χ4v) is 5.09. The molecule has 0 spiro atoms. The SMILES string of the molecule is O=C(C1CCCCN1C(=O)CCSc1ccccc1Br)N1CCCC1. The van der Waals surface area contributed by atoms with Gasteiger partial charge >= 0.3 is 0 Å². The molecule has 1 unspecified atom stereocenters. The Balaban J connectivity index is 1.55. The molecule has 0 N–H and O–H groups in total. The minimum absolute atomic E-state index is 0.122. The Kier molecular flexibility index (Phi) is 6.82. The predicted molar refractivity (Wildman–Crippen MR) is 105 cm³/mol. The highest BCUT2D eigenvalue weighted by Crippen LogP contribution is 2.28. The number of carbonyl (C=O) groups is 2. The second-order valence-corrected chi connectivity index (χ2v) is 8.65. The van der Waals surface area contributed by atoms with Crippen LogP contribution in [0, 0.1) is 0 Å². The van der Waals surface area contributed by atoms with Gasteiger partial charge in [0.1, 0.15) is 6.04 Å². The largest absolute Gasteiger partial charge is 0.341 e. The van der Waals surface area contributed by atoms with Crippen molar-refractivity contribution in [3.05, 3.63) is 28.7 Å². The first-order valence-corrected chi connectivity index (χ1v) is 10.9. The lowest BCUT2D eigenvalue weighted by molar-refractivity contribution is -0.146. The van der Waals surface area contributed by atoms with Gasteiger partial charge in [-0.15, -0.1) is 11.8 Å². The van der Waals surface area contributed by atoms with Gasteiger partial charge in [-0.25, -0.2) is 0 Å². The van der Waals surface area contributed by atoms with Crippen LogP contribution in [-0.4, -0.2) is 53.0 Å². The number of amides is 2. The molecule has 1 aromatic rings. The maximum absolute atomic E-state index is 12.8. The summed E-state index contributed by atoms with van der Waals surface area (Å²) in [4.78, 5) is 30.5. The van der Waals surface area contributed by atoms with E-state index in [2.05, 4.69) is 22.0 Å². The van der Waals surface area contributed by atoms with Gasteiger partial charge in [0, 0.05) is 41.2 Å². The Labute approximate surface area is 162 Å². The Morgan fingerprint density at radius 2 is 1.80 bits per heavy atom. The minimum Gasteiger partial charge on any atom is -0.341 e. The van der Waals surface area contributed by atoms with Gasteiger partial charge in [0.25, 0.3) is 0 Å². The molecule has 0 radical (unpaired) electrons. The van der Waals surface area contributed by atoms with Crippen LogP contribution in [0.3, 0.4) is 0 Å². The number of carbonyl (C=O) groups excluding carboxylic acids is 2. The summed E-state index contributed by atoms with van der Waals surface area (Å²) in [5.74, 6) is 1.03. The molecule has 6 heteroatoms. The number of thioether (sulfide) groups is 1. The third kappa shape index (κ3) is 4.79. The van der Waals surface area contributed by atoms with Crippen molar-refractivity contribution in [2.24, 2.45) is 0 Å². The number of piperidine rings is 1. The van der Waals surface area contributed by atoms with Crippen molar-refractivity contribution < 1.29 is 9.59 Å². The zero-order chi connectivity index (χ0) is 17.6. The summed E-state index contributed by atoms with van der Waals surface area (Å²) < 4.78 is 1.06. The third-order valence-corrected chi connectivity index (χ3v) is 6.97. The van der Waals surface area contributed by atoms with Crippen LogP contribution in [0.1, 0.15) is 38.5 Å². The van der Waals surface area contributed by atoms with E-state index in [9.17, 15) is 9.59 Å². The lowest BCUT2D eigenvalue weighted by Crippen LogP contribution is -2.52. The van der Waals surface area contributed by atoms with Crippen LogP contribution in [-0.2, 0) is 9.59 Å². The van der Waals surface area contributed by atoms with Gasteiger partial charge in [-0.05, 0) is 60.2 Å². The molecule has 4 nitrogen and oxygen atoms in total. The fraction of sp³-hybridized carbons (Fsp3) is 0.579. The maximum atomic E-state index is 12.8. The number of benzene rings is 1. The smallest absolute Gasteiger partial charge is 0.245 e. The quantitative estimate of drug-likeness (QED) is 0.672. The molecule has 1 atom stereocenters. The molecule has 2 heterocycles. The van der Waals surface area contributed by atoms with Crippen LogP contribution in [0.15, 0.2) is 33.6 Å². The van der Waals surface area contributed by atoms with Gasteiger partial charge in [-0.2, -0.15) is 0 Å². The predicted octanol–water partition coefficient (Wildman–Crippen LogP) is 3.93. The molecule has 0 aliphatic carbocycles. The van der Waals surface area contributed by atoms with E-state index in [0.717, 1.165) is 66.9 Å². The molecule has 3 rings (SSSR count). The number of hydrogen-bond donors (Lipinski definition) is 0. The summed E-state index contributed by atoms with van der Waals surface area (Å²) in [7, 11) is 0. The van der Waals surface area contributed by atoms with Crippen LogP contribution in [0.25, 0.3) is 0 Å².